The Balaban J connectivity index is 3.02. The van der Waals surface area contributed by atoms with Crippen molar-refractivity contribution >= 4 is 5.69 Å². The van der Waals surface area contributed by atoms with E-state index in [0.29, 0.717) is 5.56 Å². The Kier molecular flexibility index (Phi) is 3.12. The van der Waals surface area contributed by atoms with E-state index in [9.17, 15) is 18.3 Å². The number of hydrogen-bond donors (Lipinski definition) is 2. The maximum Gasteiger partial charge on any atom is 0.351 e. The van der Waals surface area contributed by atoms with Crippen LogP contribution in [0, 0.1) is 13.8 Å². The van der Waals surface area contributed by atoms with E-state index in [4.69, 9.17) is 0 Å². The Bertz CT molecular complexity index is 366. The van der Waals surface area contributed by atoms with E-state index in [1.165, 1.54) is 19.1 Å². The topological polar surface area (TPSA) is 32.3 Å². The van der Waals surface area contributed by atoms with Crippen LogP contribution in [0.1, 0.15) is 11.1 Å². The van der Waals surface area contributed by atoms with Crippen LogP contribution in [0.25, 0.3) is 0 Å². The Morgan fingerprint density at radius 2 is 1.93 bits per heavy atom. The third kappa shape index (κ3) is 2.55. The van der Waals surface area contributed by atoms with Crippen molar-refractivity contribution in [3.8, 4) is 5.75 Å². The van der Waals surface area contributed by atoms with Gasteiger partial charge < -0.3 is 10.4 Å². The lowest BCUT2D eigenvalue weighted by molar-refractivity contribution is 0.00677. The molecule has 0 bridgehead atoms. The van der Waals surface area contributed by atoms with Crippen LogP contribution < -0.4 is 5.32 Å². The third-order valence-electron chi connectivity index (χ3n) is 2.12. The van der Waals surface area contributed by atoms with E-state index in [1.54, 1.807) is 12.2 Å². The van der Waals surface area contributed by atoms with Crippen LogP contribution in [0.4, 0.5) is 18.9 Å². The van der Waals surface area contributed by atoms with Gasteiger partial charge in [0.2, 0.25) is 0 Å². The van der Waals surface area contributed by atoms with Crippen LogP contribution >= 0.6 is 0 Å². The number of phenolic OH excluding ortho intramolecular Hbond substituents is 1. The van der Waals surface area contributed by atoms with Crippen molar-refractivity contribution in [3.63, 3.8) is 0 Å². The molecule has 84 valence electrons. The van der Waals surface area contributed by atoms with Crippen molar-refractivity contribution in [1.29, 1.82) is 0 Å². The summed E-state index contributed by atoms with van der Waals surface area (Å²) in [4.78, 5) is 0. The quantitative estimate of drug-likeness (QED) is 0.766. The molecule has 1 aromatic carbocycles. The molecular weight excluding hydrogens is 207 g/mol. The molecule has 2 nitrogen and oxygen atoms in total. The molecule has 1 rings (SSSR count). The second kappa shape index (κ2) is 4.00. The Labute approximate surface area is 85.7 Å². The van der Waals surface area contributed by atoms with Gasteiger partial charge in [0.25, 0.3) is 0 Å². The minimum absolute atomic E-state index is 0.0285. The molecular formula is C10H12F3NO. The number of halogens is 3. The van der Waals surface area contributed by atoms with Crippen molar-refractivity contribution in [3.05, 3.63) is 23.3 Å². The zero-order valence-electron chi connectivity index (χ0n) is 8.44. The second-order valence-corrected chi connectivity index (χ2v) is 3.37. The van der Waals surface area contributed by atoms with Gasteiger partial charge in [-0.3, -0.25) is 0 Å². The fourth-order valence-electron chi connectivity index (χ4n) is 1.20. The highest BCUT2D eigenvalue weighted by molar-refractivity contribution is 5.59. The van der Waals surface area contributed by atoms with Crippen LogP contribution in [0.15, 0.2) is 12.1 Å². The average Bonchev–Trinajstić information content (AvgIpc) is 2.19. The SMILES string of the molecule is Cc1ccc(NC(F)(F)CF)c(C)c1O. The van der Waals surface area contributed by atoms with Gasteiger partial charge in [-0.15, -0.1) is 0 Å². The lowest BCUT2D eigenvalue weighted by atomic mass is 10.1. The maximum atomic E-state index is 12.7. The molecule has 0 radical (unpaired) electrons. The van der Waals surface area contributed by atoms with Gasteiger partial charge in [0.05, 0.1) is 0 Å². The first-order valence-corrected chi connectivity index (χ1v) is 4.38. The van der Waals surface area contributed by atoms with Crippen molar-refractivity contribution in [2.75, 3.05) is 12.0 Å². The summed E-state index contributed by atoms with van der Waals surface area (Å²) in [6.45, 7) is 1.35. The first-order chi connectivity index (χ1) is 6.87. The first kappa shape index (κ1) is 11.7. The lowest BCUT2D eigenvalue weighted by Gasteiger charge is -2.18. The van der Waals surface area contributed by atoms with Crippen LogP contribution in [-0.4, -0.2) is 17.8 Å². The largest absolute Gasteiger partial charge is 0.507 e. The predicted octanol–water partition coefficient (Wildman–Crippen LogP) is 2.98. The summed E-state index contributed by atoms with van der Waals surface area (Å²) in [5.74, 6) is -0.0605. The minimum atomic E-state index is -3.60. The van der Waals surface area contributed by atoms with E-state index >= 15 is 0 Å². The van der Waals surface area contributed by atoms with Crippen molar-refractivity contribution in [2.24, 2.45) is 0 Å². The molecule has 0 aliphatic carbocycles. The molecule has 0 atom stereocenters. The van der Waals surface area contributed by atoms with Gasteiger partial charge in [0.15, 0.2) is 6.67 Å². The predicted molar refractivity (Wildman–Crippen MR) is 52.1 cm³/mol. The monoisotopic (exact) mass is 219 g/mol. The highest BCUT2D eigenvalue weighted by Crippen LogP contribution is 2.30. The van der Waals surface area contributed by atoms with Gasteiger partial charge in [-0.2, -0.15) is 8.78 Å². The highest BCUT2D eigenvalue weighted by atomic mass is 19.3. The van der Waals surface area contributed by atoms with Gasteiger partial charge in [-0.1, -0.05) is 6.07 Å². The van der Waals surface area contributed by atoms with E-state index in [2.05, 4.69) is 0 Å². The number of nitrogens with one attached hydrogen (secondary N) is 1. The molecule has 0 unspecified atom stereocenters. The molecule has 0 aromatic heterocycles. The number of phenols is 1. The molecule has 15 heavy (non-hydrogen) atoms. The summed E-state index contributed by atoms with van der Waals surface area (Å²) in [5, 5.41) is 11.2. The molecule has 0 saturated heterocycles. The molecule has 0 aliphatic rings. The summed E-state index contributed by atoms with van der Waals surface area (Å²) in [6, 6.07) is -0.737. The number of aromatic hydroxyl groups is 1. The van der Waals surface area contributed by atoms with Gasteiger partial charge in [0.1, 0.15) is 5.75 Å². The normalized spacial score (nSPS) is 11.5. The number of hydrogen-bond acceptors (Lipinski definition) is 2. The molecule has 0 aliphatic heterocycles. The fourth-order valence-corrected chi connectivity index (χ4v) is 1.20. The summed E-state index contributed by atoms with van der Waals surface area (Å²) in [7, 11) is 0. The van der Waals surface area contributed by atoms with E-state index in [0.717, 1.165) is 0 Å². The Morgan fingerprint density at radius 1 is 1.33 bits per heavy atom. The number of rotatable bonds is 3. The highest BCUT2D eigenvalue weighted by Gasteiger charge is 2.29. The van der Waals surface area contributed by atoms with E-state index in [-0.39, 0.29) is 17.0 Å². The number of aryl methyl sites for hydroxylation is 1. The van der Waals surface area contributed by atoms with Gasteiger partial charge in [0, 0.05) is 11.3 Å². The number of anilines is 1. The zero-order valence-corrected chi connectivity index (χ0v) is 8.44. The van der Waals surface area contributed by atoms with Crippen LogP contribution in [0.5, 0.6) is 5.75 Å². The Morgan fingerprint density at radius 3 is 2.47 bits per heavy atom. The summed E-state index contributed by atoms with van der Waals surface area (Å²) < 4.78 is 37.3. The molecule has 0 spiro atoms. The average molecular weight is 219 g/mol. The van der Waals surface area contributed by atoms with E-state index in [1.807, 2.05) is 0 Å². The summed E-state index contributed by atoms with van der Waals surface area (Å²) in [5.41, 5.74) is 0.894. The van der Waals surface area contributed by atoms with E-state index < -0.39 is 12.7 Å². The summed E-state index contributed by atoms with van der Waals surface area (Å²) >= 11 is 0. The number of benzene rings is 1. The standard InChI is InChI=1S/C10H12F3NO/c1-6-3-4-8(7(2)9(6)15)14-10(12,13)5-11/h3-4,14-15H,5H2,1-2H3. The van der Waals surface area contributed by atoms with Crippen molar-refractivity contribution in [1.82, 2.24) is 0 Å². The maximum absolute atomic E-state index is 12.7. The number of alkyl halides is 3. The van der Waals surface area contributed by atoms with Crippen LogP contribution in [0.2, 0.25) is 0 Å². The molecule has 1 aromatic rings. The fraction of sp³-hybridized carbons (Fsp3) is 0.400. The minimum Gasteiger partial charge on any atom is -0.507 e. The molecule has 2 N–H and O–H groups in total. The van der Waals surface area contributed by atoms with Crippen molar-refractivity contribution in [2.45, 2.75) is 19.9 Å². The van der Waals surface area contributed by atoms with Gasteiger partial charge >= 0.3 is 6.05 Å². The zero-order chi connectivity index (χ0) is 11.6. The smallest absolute Gasteiger partial charge is 0.351 e. The Hall–Kier alpha value is -1.39. The molecule has 5 heteroatoms. The van der Waals surface area contributed by atoms with Crippen LogP contribution in [-0.2, 0) is 0 Å². The molecule has 0 heterocycles. The molecule has 0 saturated carbocycles. The second-order valence-electron chi connectivity index (χ2n) is 3.37. The van der Waals surface area contributed by atoms with Crippen molar-refractivity contribution < 1.29 is 18.3 Å². The first-order valence-electron chi connectivity index (χ1n) is 4.38. The van der Waals surface area contributed by atoms with Gasteiger partial charge in [-0.25, -0.2) is 4.39 Å². The summed E-state index contributed by atoms with van der Waals surface area (Å²) in [6.07, 6.45) is 0. The van der Waals surface area contributed by atoms with Gasteiger partial charge in [-0.05, 0) is 25.5 Å². The van der Waals surface area contributed by atoms with Crippen LogP contribution in [0.3, 0.4) is 0 Å². The molecule has 0 fully saturated rings. The third-order valence-corrected chi connectivity index (χ3v) is 2.12. The lowest BCUT2D eigenvalue weighted by Crippen LogP contribution is -2.30. The molecule has 0 amide bonds.